The van der Waals surface area contributed by atoms with Crippen LogP contribution in [0.15, 0.2) is 48.5 Å². The van der Waals surface area contributed by atoms with Crippen LogP contribution in [0.3, 0.4) is 0 Å². The lowest BCUT2D eigenvalue weighted by molar-refractivity contribution is -0.139. The number of nitrogens with two attached hydrogens (primary N) is 1. The summed E-state index contributed by atoms with van der Waals surface area (Å²) in [6.45, 7) is 5.77. The number of rotatable bonds is 6. The van der Waals surface area contributed by atoms with E-state index in [1.807, 2.05) is 61.0 Å². The molecular formula is C24H26N2O4. The van der Waals surface area contributed by atoms with E-state index in [0.29, 0.717) is 11.3 Å². The summed E-state index contributed by atoms with van der Waals surface area (Å²) in [5, 5.41) is 0.767. The van der Waals surface area contributed by atoms with E-state index in [1.165, 1.54) is 6.08 Å². The first-order chi connectivity index (χ1) is 14.4. The van der Waals surface area contributed by atoms with Gasteiger partial charge in [-0.2, -0.15) is 0 Å². The lowest BCUT2D eigenvalue weighted by Gasteiger charge is -2.11. The lowest BCUT2D eigenvalue weighted by Crippen LogP contribution is -2.11. The zero-order chi connectivity index (χ0) is 21.8. The predicted octanol–water partition coefficient (Wildman–Crippen LogP) is 4.25. The first-order valence-corrected chi connectivity index (χ1v) is 9.88. The maximum absolute atomic E-state index is 12.9. The summed E-state index contributed by atoms with van der Waals surface area (Å²) in [7, 11) is 1.93. The van der Waals surface area contributed by atoms with Crippen LogP contribution in [0.1, 0.15) is 25.0 Å². The smallest absolute Gasteiger partial charge is 0.339 e. The van der Waals surface area contributed by atoms with Gasteiger partial charge in [0.15, 0.2) is 0 Å². The van der Waals surface area contributed by atoms with Crippen molar-refractivity contribution in [2.75, 3.05) is 18.9 Å². The number of carbonyl (C=O) groups excluding carboxylic acids is 2. The molecule has 1 aromatic heterocycles. The van der Waals surface area contributed by atoms with Crippen molar-refractivity contribution in [2.24, 2.45) is 7.05 Å². The molecule has 0 amide bonds. The number of aryl methyl sites for hydroxylation is 2. The Morgan fingerprint density at radius 2 is 1.73 bits per heavy atom. The Bertz CT molecular complexity index is 1130. The van der Waals surface area contributed by atoms with E-state index in [1.54, 1.807) is 13.8 Å². The molecule has 3 rings (SSSR count). The Hall–Kier alpha value is -3.54. The van der Waals surface area contributed by atoms with Crippen molar-refractivity contribution in [1.29, 1.82) is 0 Å². The Balaban J connectivity index is 2.42. The fraction of sp³-hybridized carbons (Fsp3) is 0.250. The third-order valence-electron chi connectivity index (χ3n) is 4.95. The number of hydrogen-bond acceptors (Lipinski definition) is 5. The molecule has 2 N–H and O–H groups in total. The predicted molar refractivity (Wildman–Crippen MR) is 119 cm³/mol. The van der Waals surface area contributed by atoms with Crippen molar-refractivity contribution in [3.05, 3.63) is 59.7 Å². The molecular weight excluding hydrogens is 380 g/mol. The topological polar surface area (TPSA) is 83.6 Å². The normalized spacial score (nSPS) is 11.5. The zero-order valence-corrected chi connectivity index (χ0v) is 17.7. The lowest BCUT2D eigenvalue weighted by atomic mass is 9.97. The van der Waals surface area contributed by atoms with Crippen LogP contribution in [0.4, 0.5) is 5.69 Å². The van der Waals surface area contributed by atoms with Gasteiger partial charge in [-0.05, 0) is 44.0 Å². The summed E-state index contributed by atoms with van der Waals surface area (Å²) in [6, 6.07) is 13.5. The Labute approximate surface area is 175 Å². The van der Waals surface area contributed by atoms with Crippen LogP contribution in [0, 0.1) is 6.92 Å². The number of ether oxygens (including phenoxy) is 2. The number of anilines is 1. The molecule has 0 aliphatic rings. The van der Waals surface area contributed by atoms with E-state index in [-0.39, 0.29) is 18.8 Å². The summed E-state index contributed by atoms with van der Waals surface area (Å²) in [4.78, 5) is 25.2. The average molecular weight is 406 g/mol. The Morgan fingerprint density at radius 1 is 1.07 bits per heavy atom. The number of fused-ring (bicyclic) bond motifs is 1. The first-order valence-electron chi connectivity index (χ1n) is 9.88. The van der Waals surface area contributed by atoms with Crippen molar-refractivity contribution in [1.82, 2.24) is 4.57 Å². The number of carbonyl (C=O) groups is 2. The average Bonchev–Trinajstić information content (AvgIpc) is 2.99. The van der Waals surface area contributed by atoms with Crippen LogP contribution < -0.4 is 5.73 Å². The second-order valence-corrected chi connectivity index (χ2v) is 6.91. The monoisotopic (exact) mass is 406 g/mol. The van der Waals surface area contributed by atoms with Gasteiger partial charge in [0.2, 0.25) is 0 Å². The highest BCUT2D eigenvalue weighted by molar-refractivity contribution is 6.26. The second kappa shape index (κ2) is 8.86. The molecule has 0 aliphatic carbocycles. The summed E-state index contributed by atoms with van der Waals surface area (Å²) >= 11 is 0. The molecule has 1 heterocycles. The molecule has 6 nitrogen and oxygen atoms in total. The number of benzene rings is 2. The molecule has 0 spiro atoms. The quantitative estimate of drug-likeness (QED) is 0.376. The third kappa shape index (κ3) is 3.94. The molecule has 0 saturated carbocycles. The van der Waals surface area contributed by atoms with E-state index in [0.717, 1.165) is 27.7 Å². The fourth-order valence-corrected chi connectivity index (χ4v) is 3.55. The minimum absolute atomic E-state index is 0.142. The summed E-state index contributed by atoms with van der Waals surface area (Å²) in [5.41, 5.74) is 11.1. The summed E-state index contributed by atoms with van der Waals surface area (Å²) < 4.78 is 12.4. The number of nitrogens with zero attached hydrogens (tertiary/aromatic N) is 1. The van der Waals surface area contributed by atoms with Gasteiger partial charge in [-0.25, -0.2) is 9.59 Å². The van der Waals surface area contributed by atoms with E-state index in [2.05, 4.69) is 0 Å². The van der Waals surface area contributed by atoms with E-state index in [4.69, 9.17) is 15.2 Å². The van der Waals surface area contributed by atoms with Crippen LogP contribution in [0.25, 0.3) is 27.7 Å². The van der Waals surface area contributed by atoms with E-state index < -0.39 is 11.9 Å². The number of hydrogen-bond donors (Lipinski definition) is 1. The van der Waals surface area contributed by atoms with Crippen LogP contribution in [-0.4, -0.2) is 29.7 Å². The zero-order valence-electron chi connectivity index (χ0n) is 17.7. The van der Waals surface area contributed by atoms with Gasteiger partial charge in [-0.3, -0.25) is 0 Å². The Morgan fingerprint density at radius 3 is 2.37 bits per heavy atom. The van der Waals surface area contributed by atoms with Gasteiger partial charge in [-0.15, -0.1) is 0 Å². The van der Waals surface area contributed by atoms with E-state index >= 15 is 0 Å². The van der Waals surface area contributed by atoms with Gasteiger partial charge >= 0.3 is 11.9 Å². The van der Waals surface area contributed by atoms with Crippen molar-refractivity contribution in [3.63, 3.8) is 0 Å². The second-order valence-electron chi connectivity index (χ2n) is 6.91. The van der Waals surface area contributed by atoms with Gasteiger partial charge in [-0.1, -0.05) is 30.3 Å². The van der Waals surface area contributed by atoms with Gasteiger partial charge in [0.1, 0.15) is 0 Å². The molecule has 3 aromatic rings. The van der Waals surface area contributed by atoms with Gasteiger partial charge in [0, 0.05) is 35.3 Å². The number of esters is 2. The minimum atomic E-state index is -0.600. The van der Waals surface area contributed by atoms with Gasteiger partial charge < -0.3 is 19.8 Å². The van der Waals surface area contributed by atoms with Crippen molar-refractivity contribution >= 4 is 34.1 Å². The van der Waals surface area contributed by atoms with Gasteiger partial charge in [0.25, 0.3) is 0 Å². The SMILES string of the molecule is CCOC(=O)/C=C(/C(=O)OCC)c1c(-c2ccccc2)n(C)c2cc(C)c(N)cc12. The molecule has 2 aromatic carbocycles. The molecule has 0 fully saturated rings. The van der Waals surface area contributed by atoms with Crippen LogP contribution in [0.5, 0.6) is 0 Å². The first kappa shape index (κ1) is 21.2. The highest BCUT2D eigenvalue weighted by Gasteiger charge is 2.26. The van der Waals surface area contributed by atoms with E-state index in [9.17, 15) is 9.59 Å². The van der Waals surface area contributed by atoms with Crippen molar-refractivity contribution in [3.8, 4) is 11.3 Å². The Kier molecular flexibility index (Phi) is 6.26. The molecule has 0 atom stereocenters. The van der Waals surface area contributed by atoms with Crippen molar-refractivity contribution < 1.29 is 19.1 Å². The minimum Gasteiger partial charge on any atom is -0.463 e. The molecule has 6 heteroatoms. The molecule has 0 aliphatic heterocycles. The molecule has 30 heavy (non-hydrogen) atoms. The standard InChI is InChI=1S/C24H26N2O4/c1-5-29-21(27)14-18(24(28)30-6-2)22-17-13-19(25)15(3)12-20(17)26(4)23(22)16-10-8-7-9-11-16/h7-14H,5-6,25H2,1-4H3/b18-14+. The third-order valence-corrected chi connectivity index (χ3v) is 4.95. The number of aromatic nitrogens is 1. The highest BCUT2D eigenvalue weighted by Crippen LogP contribution is 2.39. The highest BCUT2D eigenvalue weighted by atomic mass is 16.5. The molecule has 0 radical (unpaired) electrons. The fourth-order valence-electron chi connectivity index (χ4n) is 3.55. The maximum Gasteiger partial charge on any atom is 0.339 e. The van der Waals surface area contributed by atoms with Crippen LogP contribution >= 0.6 is 0 Å². The summed E-state index contributed by atoms with van der Waals surface area (Å²) in [5.74, 6) is -1.19. The number of nitrogen functional groups attached to an aromatic ring is 1. The van der Waals surface area contributed by atoms with Gasteiger partial charge in [0.05, 0.1) is 24.5 Å². The molecule has 0 saturated heterocycles. The summed E-state index contributed by atoms with van der Waals surface area (Å²) in [6.07, 6.45) is 1.21. The molecule has 0 bridgehead atoms. The van der Waals surface area contributed by atoms with Crippen molar-refractivity contribution in [2.45, 2.75) is 20.8 Å². The van der Waals surface area contributed by atoms with Crippen LogP contribution in [0.2, 0.25) is 0 Å². The van der Waals surface area contributed by atoms with Crippen LogP contribution in [-0.2, 0) is 26.1 Å². The molecule has 156 valence electrons. The largest absolute Gasteiger partial charge is 0.463 e. The molecule has 0 unspecified atom stereocenters. The maximum atomic E-state index is 12.9.